The second-order valence-electron chi connectivity index (χ2n) is 9.27. The molecule has 1 aromatic heterocycles. The fourth-order valence-corrected chi connectivity index (χ4v) is 5.13. The Balaban J connectivity index is 1.38. The highest BCUT2D eigenvalue weighted by molar-refractivity contribution is 6.32. The van der Waals surface area contributed by atoms with E-state index in [4.69, 9.17) is 27.9 Å². The molecule has 1 aliphatic rings. The highest BCUT2D eigenvalue weighted by Gasteiger charge is 2.35. The number of hydrogen-bond donors (Lipinski definition) is 1. The molecule has 4 rings (SSSR count). The summed E-state index contributed by atoms with van der Waals surface area (Å²) < 4.78 is 34.8. The van der Waals surface area contributed by atoms with Crippen molar-refractivity contribution in [3.05, 3.63) is 69.6 Å². The van der Waals surface area contributed by atoms with Crippen LogP contribution in [0, 0.1) is 23.1 Å². The Bertz CT molecular complexity index is 1280. The molecule has 1 fully saturated rings. The maximum Gasteiger partial charge on any atom is 0.140 e. The zero-order valence-electron chi connectivity index (χ0n) is 20.0. The number of aliphatic hydroxyl groups is 1. The Morgan fingerprint density at radius 3 is 2.67 bits per heavy atom. The summed E-state index contributed by atoms with van der Waals surface area (Å²) in [6.07, 6.45) is 2.42. The predicted molar refractivity (Wildman–Crippen MR) is 140 cm³/mol. The molecular formula is C28H28Cl2F2N2O2. The number of hydrogen-bond acceptors (Lipinski definition) is 4. The molecule has 1 atom stereocenters. The van der Waals surface area contributed by atoms with Crippen molar-refractivity contribution < 1.29 is 18.6 Å². The van der Waals surface area contributed by atoms with Crippen LogP contribution >= 0.6 is 23.2 Å². The zero-order valence-corrected chi connectivity index (χ0v) is 21.5. The number of benzene rings is 2. The van der Waals surface area contributed by atoms with Gasteiger partial charge in [-0.05, 0) is 80.6 Å². The Morgan fingerprint density at radius 2 is 1.97 bits per heavy atom. The first-order chi connectivity index (χ1) is 17.3. The first-order valence-electron chi connectivity index (χ1n) is 11.9. The number of likely N-dealkylation sites (tertiary alicyclic amines) is 1. The summed E-state index contributed by atoms with van der Waals surface area (Å²) in [5.74, 6) is 6.05. The molecule has 0 aliphatic carbocycles. The van der Waals surface area contributed by atoms with E-state index in [1.54, 1.807) is 37.4 Å². The molecule has 0 unspecified atom stereocenters. The van der Waals surface area contributed by atoms with Crippen LogP contribution in [0.25, 0.3) is 10.9 Å². The average molecular weight is 533 g/mol. The fourth-order valence-electron chi connectivity index (χ4n) is 4.70. The molecule has 0 spiro atoms. The van der Waals surface area contributed by atoms with Crippen molar-refractivity contribution in [2.24, 2.45) is 5.41 Å². The molecule has 8 heteroatoms. The number of aliphatic hydroxyl groups excluding tert-OH is 1. The fraction of sp³-hybridized carbons (Fsp3) is 0.393. The Kier molecular flexibility index (Phi) is 8.69. The van der Waals surface area contributed by atoms with Crippen LogP contribution in [0.3, 0.4) is 0 Å². The summed E-state index contributed by atoms with van der Waals surface area (Å²) >= 11 is 12.2. The summed E-state index contributed by atoms with van der Waals surface area (Å²) in [7, 11) is 1.56. The summed E-state index contributed by atoms with van der Waals surface area (Å²) in [4.78, 5) is 6.47. The molecule has 3 aromatic rings. The summed E-state index contributed by atoms with van der Waals surface area (Å²) in [5.41, 5.74) is 1.03. The number of nitrogens with zero attached hydrogens (tertiary/aromatic N) is 2. The third-order valence-electron chi connectivity index (χ3n) is 7.02. The molecule has 0 saturated carbocycles. The van der Waals surface area contributed by atoms with Gasteiger partial charge in [-0.2, -0.15) is 0 Å². The molecule has 0 bridgehead atoms. The lowest BCUT2D eigenvalue weighted by Gasteiger charge is -2.40. The average Bonchev–Trinajstić information content (AvgIpc) is 2.89. The number of fused-ring (bicyclic) bond motifs is 1. The molecule has 2 aromatic carbocycles. The molecular weight excluding hydrogens is 505 g/mol. The van der Waals surface area contributed by atoms with E-state index in [1.165, 1.54) is 12.3 Å². The van der Waals surface area contributed by atoms with Gasteiger partial charge in [0, 0.05) is 28.8 Å². The van der Waals surface area contributed by atoms with Crippen molar-refractivity contribution >= 4 is 34.1 Å². The number of ether oxygens (including phenoxy) is 1. The van der Waals surface area contributed by atoms with Crippen LogP contribution in [-0.4, -0.2) is 48.3 Å². The number of aromatic nitrogens is 1. The van der Waals surface area contributed by atoms with Crippen molar-refractivity contribution in [1.29, 1.82) is 0 Å². The second kappa shape index (κ2) is 11.7. The van der Waals surface area contributed by atoms with E-state index in [9.17, 15) is 9.50 Å². The van der Waals surface area contributed by atoms with Gasteiger partial charge < -0.3 is 9.84 Å². The minimum absolute atomic E-state index is 0.00608. The van der Waals surface area contributed by atoms with E-state index >= 15 is 4.39 Å². The van der Waals surface area contributed by atoms with Gasteiger partial charge in [-0.3, -0.25) is 9.88 Å². The van der Waals surface area contributed by atoms with Crippen LogP contribution in [0.15, 0.2) is 42.6 Å². The van der Waals surface area contributed by atoms with E-state index in [1.807, 2.05) is 0 Å². The van der Waals surface area contributed by atoms with Crippen LogP contribution in [0.2, 0.25) is 10.0 Å². The highest BCUT2D eigenvalue weighted by atomic mass is 35.5. The van der Waals surface area contributed by atoms with E-state index < -0.39 is 12.0 Å². The lowest BCUT2D eigenvalue weighted by molar-refractivity contribution is 0.0344. The van der Waals surface area contributed by atoms with Crippen molar-refractivity contribution in [3.8, 4) is 17.6 Å². The SMILES string of the molecule is COc1ccc2ncc(Cl)c([C@H](F)CCC3(CO)CCN(CC#Cc4ccc(Cl)cc4F)CC3)c2c1. The molecule has 1 saturated heterocycles. The normalized spacial score (nSPS) is 16.4. The monoisotopic (exact) mass is 532 g/mol. The van der Waals surface area contributed by atoms with Gasteiger partial charge in [0.25, 0.3) is 0 Å². The van der Waals surface area contributed by atoms with Crippen molar-refractivity contribution in [1.82, 2.24) is 9.88 Å². The maximum absolute atomic E-state index is 15.6. The standard InChI is InChI=1S/C28H28Cl2F2N2O2/c1-36-21-6-7-26-22(16-21)27(23(30)17-33-26)24(31)8-9-28(18-35)10-13-34(14-11-28)12-2-3-19-4-5-20(29)15-25(19)32/h4-7,15-17,24,35H,8-14,18H2,1H3/t24-/m1/s1. The van der Waals surface area contributed by atoms with E-state index in [2.05, 4.69) is 21.7 Å². The van der Waals surface area contributed by atoms with Crippen LogP contribution in [0.4, 0.5) is 8.78 Å². The zero-order chi connectivity index (χ0) is 25.7. The number of piperidine rings is 1. The highest BCUT2D eigenvalue weighted by Crippen LogP contribution is 2.41. The lowest BCUT2D eigenvalue weighted by Crippen LogP contribution is -2.42. The third-order valence-corrected chi connectivity index (χ3v) is 7.55. The number of halogens is 4. The Labute approximate surface area is 220 Å². The van der Waals surface area contributed by atoms with Crippen molar-refractivity contribution in [2.45, 2.75) is 31.9 Å². The minimum Gasteiger partial charge on any atom is -0.497 e. The van der Waals surface area contributed by atoms with Gasteiger partial charge >= 0.3 is 0 Å². The number of pyridine rings is 1. The molecule has 36 heavy (non-hydrogen) atoms. The molecule has 2 heterocycles. The Hall–Kier alpha value is -2.43. The van der Waals surface area contributed by atoms with E-state index in [-0.39, 0.29) is 23.5 Å². The first-order valence-corrected chi connectivity index (χ1v) is 12.6. The molecule has 0 radical (unpaired) electrons. The van der Waals surface area contributed by atoms with Gasteiger partial charge in [0.05, 0.1) is 29.8 Å². The van der Waals surface area contributed by atoms with Crippen LogP contribution in [-0.2, 0) is 0 Å². The van der Waals surface area contributed by atoms with Gasteiger partial charge in [-0.15, -0.1) is 0 Å². The molecule has 1 N–H and O–H groups in total. The van der Waals surface area contributed by atoms with Crippen LogP contribution in [0.5, 0.6) is 5.75 Å². The summed E-state index contributed by atoms with van der Waals surface area (Å²) in [6.45, 7) is 1.94. The smallest absolute Gasteiger partial charge is 0.140 e. The molecule has 0 amide bonds. The molecule has 1 aliphatic heterocycles. The van der Waals surface area contributed by atoms with Gasteiger partial charge in [0.2, 0.25) is 0 Å². The summed E-state index contributed by atoms with van der Waals surface area (Å²) in [5, 5.41) is 11.5. The number of methoxy groups -OCH3 is 1. The minimum atomic E-state index is -1.29. The topological polar surface area (TPSA) is 45.6 Å². The Morgan fingerprint density at radius 1 is 1.19 bits per heavy atom. The van der Waals surface area contributed by atoms with Gasteiger partial charge in [-0.25, -0.2) is 8.78 Å². The van der Waals surface area contributed by atoms with E-state index in [0.29, 0.717) is 45.8 Å². The predicted octanol–water partition coefficient (Wildman–Crippen LogP) is 6.61. The van der Waals surface area contributed by atoms with Crippen molar-refractivity contribution in [3.63, 3.8) is 0 Å². The molecule has 4 nitrogen and oxygen atoms in total. The lowest BCUT2D eigenvalue weighted by atomic mass is 9.74. The van der Waals surface area contributed by atoms with Crippen LogP contribution in [0.1, 0.15) is 43.0 Å². The van der Waals surface area contributed by atoms with Crippen LogP contribution < -0.4 is 4.74 Å². The van der Waals surface area contributed by atoms with Gasteiger partial charge in [0.15, 0.2) is 0 Å². The van der Waals surface area contributed by atoms with Gasteiger partial charge in [0.1, 0.15) is 17.7 Å². The largest absolute Gasteiger partial charge is 0.497 e. The van der Waals surface area contributed by atoms with E-state index in [0.717, 1.165) is 25.9 Å². The first kappa shape index (κ1) is 26.6. The quantitative estimate of drug-likeness (QED) is 0.348. The molecule has 190 valence electrons. The second-order valence-corrected chi connectivity index (χ2v) is 10.1. The van der Waals surface area contributed by atoms with Gasteiger partial charge in [-0.1, -0.05) is 35.0 Å². The van der Waals surface area contributed by atoms with Crippen molar-refractivity contribution in [2.75, 3.05) is 33.4 Å². The number of rotatable bonds is 7. The summed E-state index contributed by atoms with van der Waals surface area (Å²) in [6, 6.07) is 9.76. The number of alkyl halides is 1. The third kappa shape index (κ3) is 6.10. The maximum atomic E-state index is 15.6.